The van der Waals surface area contributed by atoms with E-state index in [4.69, 9.17) is 9.47 Å². The largest absolute Gasteiger partial charge is 0.497 e. The molecule has 3 rings (SSSR count). The number of ether oxygens (including phenoxy) is 2. The lowest BCUT2D eigenvalue weighted by Crippen LogP contribution is -2.12. The molecule has 0 radical (unpaired) electrons. The first-order chi connectivity index (χ1) is 13.1. The predicted octanol–water partition coefficient (Wildman–Crippen LogP) is 5.05. The predicted molar refractivity (Wildman–Crippen MR) is 108 cm³/mol. The summed E-state index contributed by atoms with van der Waals surface area (Å²) in [6.07, 6.45) is -0.195. The van der Waals surface area contributed by atoms with Crippen molar-refractivity contribution in [3.05, 3.63) is 65.5 Å². The van der Waals surface area contributed by atoms with Crippen LogP contribution in [0.2, 0.25) is 0 Å². The Morgan fingerprint density at radius 1 is 1.07 bits per heavy atom. The van der Waals surface area contributed by atoms with Crippen LogP contribution in [0.25, 0.3) is 0 Å². The van der Waals surface area contributed by atoms with Crippen LogP contribution in [-0.4, -0.2) is 21.9 Å². The second kappa shape index (κ2) is 8.95. The molecule has 5 nitrogen and oxygen atoms in total. The summed E-state index contributed by atoms with van der Waals surface area (Å²) < 4.78 is 13.4. The number of thioether (sulfide) groups is 1. The van der Waals surface area contributed by atoms with E-state index in [0.29, 0.717) is 0 Å². The van der Waals surface area contributed by atoms with E-state index in [2.05, 4.69) is 52.9 Å². The van der Waals surface area contributed by atoms with Gasteiger partial charge in [-0.25, -0.2) is 0 Å². The summed E-state index contributed by atoms with van der Waals surface area (Å²) in [5, 5.41) is 9.70. The molecule has 1 unspecified atom stereocenters. The lowest BCUT2D eigenvalue weighted by molar-refractivity contribution is 0.209. The third-order valence-electron chi connectivity index (χ3n) is 4.25. The van der Waals surface area contributed by atoms with Crippen LogP contribution in [0.4, 0.5) is 0 Å². The van der Waals surface area contributed by atoms with Crippen molar-refractivity contribution in [2.24, 2.45) is 0 Å². The second-order valence-corrected chi connectivity index (χ2v) is 7.24. The van der Waals surface area contributed by atoms with Crippen LogP contribution in [0.15, 0.2) is 53.7 Å². The van der Waals surface area contributed by atoms with Gasteiger partial charge in [0, 0.05) is 12.3 Å². The molecule has 0 amide bonds. The van der Waals surface area contributed by atoms with E-state index in [1.165, 1.54) is 11.1 Å². The molecule has 0 saturated carbocycles. The minimum Gasteiger partial charge on any atom is -0.497 e. The molecule has 0 fully saturated rings. The van der Waals surface area contributed by atoms with E-state index in [-0.39, 0.29) is 6.10 Å². The molecule has 1 aromatic heterocycles. The number of hydrogen-bond donors (Lipinski definition) is 0. The SMILES string of the molecule is CCn1c(SCc2cccc(C)c2)nnc1C(C)Oc1ccc(OC)cc1. The number of benzene rings is 2. The Bertz CT molecular complexity index is 877. The van der Waals surface area contributed by atoms with Crippen molar-refractivity contribution in [3.8, 4) is 11.5 Å². The molecule has 27 heavy (non-hydrogen) atoms. The third kappa shape index (κ3) is 4.83. The maximum atomic E-state index is 6.05. The number of hydrogen-bond acceptors (Lipinski definition) is 5. The van der Waals surface area contributed by atoms with Crippen molar-refractivity contribution >= 4 is 11.8 Å². The molecule has 0 bridgehead atoms. The average molecular weight is 384 g/mol. The van der Waals surface area contributed by atoms with Gasteiger partial charge in [0.1, 0.15) is 11.5 Å². The molecule has 0 aliphatic heterocycles. The first-order valence-corrected chi connectivity index (χ1v) is 10.0. The summed E-state index contributed by atoms with van der Waals surface area (Å²) in [6.45, 7) is 7.01. The number of methoxy groups -OCH3 is 1. The molecule has 1 atom stereocenters. The summed E-state index contributed by atoms with van der Waals surface area (Å²) in [4.78, 5) is 0. The van der Waals surface area contributed by atoms with Crippen LogP contribution in [0.5, 0.6) is 11.5 Å². The zero-order valence-electron chi connectivity index (χ0n) is 16.2. The standard InChI is InChI=1S/C21H25N3O2S/c1-5-24-20(16(3)26-19-11-9-18(25-4)10-12-19)22-23-21(24)27-14-17-8-6-7-15(2)13-17/h6-13,16H,5,14H2,1-4H3. The maximum absolute atomic E-state index is 6.05. The fourth-order valence-corrected chi connectivity index (χ4v) is 3.82. The highest BCUT2D eigenvalue weighted by atomic mass is 32.2. The van der Waals surface area contributed by atoms with Gasteiger partial charge in [-0.1, -0.05) is 41.6 Å². The Kier molecular flexibility index (Phi) is 6.40. The molecule has 0 saturated heterocycles. The fraction of sp³-hybridized carbons (Fsp3) is 0.333. The monoisotopic (exact) mass is 383 g/mol. The fourth-order valence-electron chi connectivity index (χ4n) is 2.87. The lowest BCUT2D eigenvalue weighted by Gasteiger charge is -2.16. The highest BCUT2D eigenvalue weighted by molar-refractivity contribution is 7.98. The van der Waals surface area contributed by atoms with Crippen LogP contribution in [-0.2, 0) is 12.3 Å². The zero-order valence-corrected chi connectivity index (χ0v) is 17.0. The van der Waals surface area contributed by atoms with Crippen LogP contribution in [0, 0.1) is 6.92 Å². The van der Waals surface area contributed by atoms with Gasteiger partial charge in [0.2, 0.25) is 0 Å². The van der Waals surface area contributed by atoms with E-state index in [9.17, 15) is 0 Å². The number of aromatic nitrogens is 3. The Morgan fingerprint density at radius 2 is 1.81 bits per heavy atom. The molecular formula is C21H25N3O2S. The molecule has 0 N–H and O–H groups in total. The molecule has 6 heteroatoms. The highest BCUT2D eigenvalue weighted by Crippen LogP contribution is 2.27. The maximum Gasteiger partial charge on any atom is 0.191 e. The first-order valence-electron chi connectivity index (χ1n) is 9.03. The molecule has 1 heterocycles. The van der Waals surface area contributed by atoms with Crippen LogP contribution >= 0.6 is 11.8 Å². The zero-order chi connectivity index (χ0) is 19.2. The molecule has 142 valence electrons. The van der Waals surface area contributed by atoms with E-state index in [1.807, 2.05) is 31.2 Å². The van der Waals surface area contributed by atoms with Gasteiger partial charge in [-0.2, -0.15) is 0 Å². The third-order valence-corrected chi connectivity index (χ3v) is 5.29. The minimum absolute atomic E-state index is 0.195. The Balaban J connectivity index is 1.70. The minimum atomic E-state index is -0.195. The van der Waals surface area contributed by atoms with Gasteiger partial charge in [-0.05, 0) is 50.6 Å². The summed E-state index contributed by atoms with van der Waals surface area (Å²) in [5.41, 5.74) is 2.56. The molecule has 3 aromatic rings. The second-order valence-electron chi connectivity index (χ2n) is 6.30. The van der Waals surface area contributed by atoms with Gasteiger partial charge in [-0.3, -0.25) is 0 Å². The number of nitrogens with zero attached hydrogens (tertiary/aromatic N) is 3. The Morgan fingerprint density at radius 3 is 2.48 bits per heavy atom. The van der Waals surface area contributed by atoms with Crippen LogP contribution in [0.3, 0.4) is 0 Å². The smallest absolute Gasteiger partial charge is 0.191 e. The van der Waals surface area contributed by atoms with Crippen LogP contribution in [0.1, 0.15) is 36.9 Å². The van der Waals surface area contributed by atoms with Crippen molar-refractivity contribution in [3.63, 3.8) is 0 Å². The van der Waals surface area contributed by atoms with Gasteiger partial charge < -0.3 is 14.0 Å². The van der Waals surface area contributed by atoms with Crippen molar-refractivity contribution in [2.75, 3.05) is 7.11 Å². The van der Waals surface area contributed by atoms with E-state index < -0.39 is 0 Å². The van der Waals surface area contributed by atoms with E-state index in [1.54, 1.807) is 18.9 Å². The number of rotatable bonds is 8. The average Bonchev–Trinajstić information content (AvgIpc) is 3.10. The van der Waals surface area contributed by atoms with Gasteiger partial charge in [0.05, 0.1) is 7.11 Å². The van der Waals surface area contributed by atoms with E-state index >= 15 is 0 Å². The summed E-state index contributed by atoms with van der Waals surface area (Å²) in [6, 6.07) is 16.1. The van der Waals surface area contributed by atoms with Crippen LogP contribution < -0.4 is 9.47 Å². The first kappa shape index (κ1) is 19.3. The number of aryl methyl sites for hydroxylation is 1. The van der Waals surface area contributed by atoms with Gasteiger partial charge in [0.25, 0.3) is 0 Å². The Hall–Kier alpha value is -2.47. The summed E-state index contributed by atoms with van der Waals surface area (Å²) in [7, 11) is 1.65. The summed E-state index contributed by atoms with van der Waals surface area (Å²) >= 11 is 1.70. The van der Waals surface area contributed by atoms with Gasteiger partial charge in [0.15, 0.2) is 17.1 Å². The topological polar surface area (TPSA) is 49.2 Å². The van der Waals surface area contributed by atoms with Gasteiger partial charge >= 0.3 is 0 Å². The highest BCUT2D eigenvalue weighted by Gasteiger charge is 2.18. The van der Waals surface area contributed by atoms with Gasteiger partial charge in [-0.15, -0.1) is 10.2 Å². The quantitative estimate of drug-likeness (QED) is 0.510. The molecule has 0 aliphatic rings. The van der Waals surface area contributed by atoms with Crippen molar-refractivity contribution in [1.29, 1.82) is 0 Å². The van der Waals surface area contributed by atoms with Crippen molar-refractivity contribution < 1.29 is 9.47 Å². The summed E-state index contributed by atoms with van der Waals surface area (Å²) in [5.74, 6) is 3.29. The Labute approximate surface area is 164 Å². The molecule has 0 spiro atoms. The molecule has 2 aromatic carbocycles. The van der Waals surface area contributed by atoms with Crippen molar-refractivity contribution in [2.45, 2.75) is 44.3 Å². The molecule has 0 aliphatic carbocycles. The molecular weight excluding hydrogens is 358 g/mol. The lowest BCUT2D eigenvalue weighted by atomic mass is 10.2. The van der Waals surface area contributed by atoms with Crippen molar-refractivity contribution in [1.82, 2.24) is 14.8 Å². The normalized spacial score (nSPS) is 12.0. The van der Waals surface area contributed by atoms with E-state index in [0.717, 1.165) is 34.8 Å².